The zero-order valence-corrected chi connectivity index (χ0v) is 14.9. The highest BCUT2D eigenvalue weighted by atomic mass is 32.2. The summed E-state index contributed by atoms with van der Waals surface area (Å²) in [5, 5.41) is 0. The second kappa shape index (κ2) is 6.82. The molecule has 0 spiro atoms. The first-order valence-electron chi connectivity index (χ1n) is 8.13. The first-order chi connectivity index (χ1) is 13.0. The molecule has 0 bridgehead atoms. The van der Waals surface area contributed by atoms with E-state index in [1.54, 1.807) is 18.2 Å². The topological polar surface area (TPSA) is 94.2 Å². The van der Waals surface area contributed by atoms with Gasteiger partial charge in [-0.05, 0) is 48.5 Å². The molecule has 0 saturated heterocycles. The Morgan fingerprint density at radius 3 is 2.56 bits per heavy atom. The van der Waals surface area contributed by atoms with E-state index in [9.17, 15) is 13.2 Å². The molecule has 0 saturated carbocycles. The normalized spacial score (nSPS) is 11.7. The van der Waals surface area contributed by atoms with E-state index in [1.165, 1.54) is 41.4 Å². The lowest BCUT2D eigenvalue weighted by Gasteiger charge is -2.07. The van der Waals surface area contributed by atoms with Crippen molar-refractivity contribution in [2.75, 3.05) is 0 Å². The first kappa shape index (κ1) is 17.2. The van der Waals surface area contributed by atoms with Gasteiger partial charge in [0.05, 0.1) is 28.7 Å². The van der Waals surface area contributed by atoms with Gasteiger partial charge in [0.25, 0.3) is 5.91 Å². The summed E-state index contributed by atoms with van der Waals surface area (Å²) in [4.78, 5) is 17.0. The Kier molecular flexibility index (Phi) is 4.35. The average molecular weight is 381 g/mol. The number of hydrogen-bond donors (Lipinski definition) is 1. The maximum atomic E-state index is 12.7. The smallest absolute Gasteiger partial charge is 0.263 e. The fourth-order valence-corrected chi connectivity index (χ4v) is 3.69. The van der Waals surface area contributed by atoms with Crippen molar-refractivity contribution in [3.63, 3.8) is 0 Å². The molecule has 4 aromatic rings. The van der Waals surface area contributed by atoms with E-state index in [-0.39, 0.29) is 17.3 Å². The summed E-state index contributed by atoms with van der Waals surface area (Å²) in [6.45, 7) is 0.0526. The molecule has 0 fully saturated rings. The Labute approximate surface area is 155 Å². The van der Waals surface area contributed by atoms with Gasteiger partial charge in [0.15, 0.2) is 0 Å². The van der Waals surface area contributed by atoms with Crippen LogP contribution in [0.3, 0.4) is 0 Å². The third-order valence-corrected chi connectivity index (χ3v) is 5.52. The summed E-state index contributed by atoms with van der Waals surface area (Å²) in [6.07, 6.45) is 2.94. The highest BCUT2D eigenvalue weighted by Gasteiger charge is 2.17. The summed E-state index contributed by atoms with van der Waals surface area (Å²) in [7, 11) is -3.71. The molecule has 0 unspecified atom stereocenters. The fourth-order valence-electron chi connectivity index (χ4n) is 2.70. The van der Waals surface area contributed by atoms with Crippen molar-refractivity contribution in [3.05, 3.63) is 84.6 Å². The molecular formula is C19H15N3O4S. The van der Waals surface area contributed by atoms with Crippen LogP contribution in [-0.4, -0.2) is 23.9 Å². The number of carbonyl (C=O) groups excluding carboxylic acids is 1. The highest BCUT2D eigenvalue weighted by molar-refractivity contribution is 7.89. The third kappa shape index (κ3) is 3.40. The van der Waals surface area contributed by atoms with Crippen molar-refractivity contribution in [1.29, 1.82) is 0 Å². The number of furan rings is 1. The van der Waals surface area contributed by atoms with Crippen molar-refractivity contribution in [2.45, 2.75) is 11.4 Å². The molecule has 2 aromatic carbocycles. The summed E-state index contributed by atoms with van der Waals surface area (Å²) in [5.41, 5.74) is 1.77. The molecule has 0 aliphatic carbocycles. The average Bonchev–Trinajstić information content (AvgIpc) is 3.36. The van der Waals surface area contributed by atoms with Crippen LogP contribution in [0.25, 0.3) is 11.0 Å². The molecule has 8 heteroatoms. The Balaban J connectivity index is 1.55. The molecule has 4 rings (SSSR count). The molecular weight excluding hydrogens is 366 g/mol. The van der Waals surface area contributed by atoms with Gasteiger partial charge in [-0.2, -0.15) is 0 Å². The number of nitrogens with zero attached hydrogens (tertiary/aromatic N) is 2. The van der Waals surface area contributed by atoms with Crippen LogP contribution < -0.4 is 4.72 Å². The predicted octanol–water partition coefficient (Wildman–Crippen LogP) is 2.80. The molecule has 136 valence electrons. The van der Waals surface area contributed by atoms with E-state index >= 15 is 0 Å². The first-order valence-corrected chi connectivity index (χ1v) is 9.62. The molecule has 0 amide bonds. The molecule has 2 heterocycles. The number of aromatic nitrogens is 2. The number of sulfonamides is 1. The van der Waals surface area contributed by atoms with Gasteiger partial charge in [0.1, 0.15) is 12.1 Å². The van der Waals surface area contributed by atoms with Gasteiger partial charge in [0.2, 0.25) is 10.0 Å². The number of para-hydroxylation sites is 2. The number of carbonyl (C=O) groups is 1. The molecule has 2 aromatic heterocycles. The lowest BCUT2D eigenvalue weighted by atomic mass is 10.2. The highest BCUT2D eigenvalue weighted by Crippen LogP contribution is 2.16. The van der Waals surface area contributed by atoms with E-state index in [2.05, 4.69) is 9.71 Å². The second-order valence-corrected chi connectivity index (χ2v) is 7.60. The van der Waals surface area contributed by atoms with E-state index in [0.29, 0.717) is 22.4 Å². The van der Waals surface area contributed by atoms with E-state index in [1.807, 2.05) is 18.2 Å². The van der Waals surface area contributed by atoms with E-state index < -0.39 is 10.0 Å². The largest absolute Gasteiger partial charge is 0.468 e. The van der Waals surface area contributed by atoms with Crippen LogP contribution >= 0.6 is 0 Å². The number of imidazole rings is 1. The maximum absolute atomic E-state index is 12.7. The van der Waals surface area contributed by atoms with Gasteiger partial charge < -0.3 is 4.42 Å². The maximum Gasteiger partial charge on any atom is 0.263 e. The molecule has 0 aliphatic rings. The predicted molar refractivity (Wildman–Crippen MR) is 98.6 cm³/mol. The van der Waals surface area contributed by atoms with Crippen LogP contribution in [0.2, 0.25) is 0 Å². The summed E-state index contributed by atoms with van der Waals surface area (Å²) in [6, 6.07) is 16.4. The van der Waals surface area contributed by atoms with Crippen LogP contribution in [-0.2, 0) is 16.6 Å². The Morgan fingerprint density at radius 2 is 1.81 bits per heavy atom. The number of rotatable bonds is 5. The minimum atomic E-state index is -3.71. The molecule has 0 aliphatic heterocycles. The van der Waals surface area contributed by atoms with Crippen molar-refractivity contribution in [3.8, 4) is 0 Å². The number of benzene rings is 2. The Morgan fingerprint density at radius 1 is 1.04 bits per heavy atom. The minimum absolute atomic E-state index is 0.0526. The van der Waals surface area contributed by atoms with Crippen LogP contribution in [0, 0.1) is 0 Å². The molecule has 0 radical (unpaired) electrons. The van der Waals surface area contributed by atoms with Gasteiger partial charge in [-0.3, -0.25) is 9.36 Å². The van der Waals surface area contributed by atoms with Crippen molar-refractivity contribution in [2.24, 2.45) is 0 Å². The summed E-state index contributed by atoms with van der Waals surface area (Å²) in [5.74, 6) is 0.230. The summed E-state index contributed by atoms with van der Waals surface area (Å²) >= 11 is 0. The SMILES string of the molecule is O=C(c1ccc(S(=O)(=O)NCc2ccco2)cc1)n1cnc2ccccc21. The standard InChI is InChI=1S/C19H15N3O4S/c23-19(22-13-20-17-5-1-2-6-18(17)22)14-7-9-16(10-8-14)27(24,25)21-12-15-4-3-11-26-15/h1-11,13,21H,12H2. The molecule has 7 nitrogen and oxygen atoms in total. The quantitative estimate of drug-likeness (QED) is 0.574. The van der Waals surface area contributed by atoms with Crippen molar-refractivity contribution >= 4 is 27.0 Å². The van der Waals surface area contributed by atoms with Gasteiger partial charge in [0, 0.05) is 5.56 Å². The number of nitrogens with one attached hydrogen (secondary N) is 1. The van der Waals surface area contributed by atoms with Gasteiger partial charge >= 0.3 is 0 Å². The minimum Gasteiger partial charge on any atom is -0.468 e. The van der Waals surface area contributed by atoms with E-state index in [4.69, 9.17) is 4.42 Å². The van der Waals surface area contributed by atoms with Crippen LogP contribution in [0.15, 0.2) is 82.6 Å². The number of fused-ring (bicyclic) bond motifs is 1. The summed E-state index contributed by atoms with van der Waals surface area (Å²) < 4.78 is 33.7. The number of hydrogen-bond acceptors (Lipinski definition) is 5. The molecule has 1 N–H and O–H groups in total. The van der Waals surface area contributed by atoms with Crippen molar-refractivity contribution < 1.29 is 17.6 Å². The van der Waals surface area contributed by atoms with Crippen LogP contribution in [0.1, 0.15) is 16.1 Å². The van der Waals surface area contributed by atoms with Crippen molar-refractivity contribution in [1.82, 2.24) is 14.3 Å². The van der Waals surface area contributed by atoms with Crippen LogP contribution in [0.4, 0.5) is 0 Å². The second-order valence-electron chi connectivity index (χ2n) is 5.84. The van der Waals surface area contributed by atoms with Gasteiger partial charge in [-0.25, -0.2) is 18.1 Å². The fraction of sp³-hybridized carbons (Fsp3) is 0.0526. The zero-order chi connectivity index (χ0) is 18.9. The van der Waals surface area contributed by atoms with Gasteiger partial charge in [-0.15, -0.1) is 0 Å². The van der Waals surface area contributed by atoms with Gasteiger partial charge in [-0.1, -0.05) is 12.1 Å². The molecule has 0 atom stereocenters. The lowest BCUT2D eigenvalue weighted by Crippen LogP contribution is -2.23. The third-order valence-electron chi connectivity index (χ3n) is 4.10. The van der Waals surface area contributed by atoms with E-state index in [0.717, 1.165) is 0 Å². The monoisotopic (exact) mass is 381 g/mol. The lowest BCUT2D eigenvalue weighted by molar-refractivity contribution is 0.0964. The Hall–Kier alpha value is -3.23. The Bertz CT molecular complexity index is 1190. The molecule has 27 heavy (non-hydrogen) atoms. The zero-order valence-electron chi connectivity index (χ0n) is 14.1. The van der Waals surface area contributed by atoms with Crippen LogP contribution in [0.5, 0.6) is 0 Å².